The fourth-order valence-electron chi connectivity index (χ4n) is 2.96. The van der Waals surface area contributed by atoms with Gasteiger partial charge in [-0.3, -0.25) is 0 Å². The molecule has 1 fully saturated rings. The second-order valence-corrected chi connectivity index (χ2v) is 6.44. The number of anilines is 1. The predicted molar refractivity (Wildman–Crippen MR) is 92.7 cm³/mol. The molecular formula is C17H20F3N5O3. The van der Waals surface area contributed by atoms with Gasteiger partial charge < -0.3 is 24.8 Å². The lowest BCUT2D eigenvalue weighted by atomic mass is 10.1. The largest absolute Gasteiger partial charge is 0.573 e. The Morgan fingerprint density at radius 3 is 2.71 bits per heavy atom. The molecule has 1 aliphatic rings. The number of rotatable bonds is 6. The highest BCUT2D eigenvalue weighted by Crippen LogP contribution is 2.28. The molecule has 0 bridgehead atoms. The standard InChI is InChI=1S/C17H20F3N5O3/c1-11-23-15(24-28-11)9-22-16(26)21-8-12-6-7-25(10-12)13-2-4-14(5-3-13)27-17(18,19)20/h2-5,12H,6-10H2,1H3,(H2,21,22,26). The zero-order chi connectivity index (χ0) is 20.1. The van der Waals surface area contributed by atoms with E-state index in [0.717, 1.165) is 18.7 Å². The van der Waals surface area contributed by atoms with Crippen LogP contribution in [0.25, 0.3) is 0 Å². The Kier molecular flexibility index (Phi) is 5.90. The lowest BCUT2D eigenvalue weighted by molar-refractivity contribution is -0.274. The van der Waals surface area contributed by atoms with Gasteiger partial charge in [0.2, 0.25) is 5.89 Å². The monoisotopic (exact) mass is 399 g/mol. The first kappa shape index (κ1) is 19.8. The van der Waals surface area contributed by atoms with Crippen molar-refractivity contribution in [3.8, 4) is 5.75 Å². The fraction of sp³-hybridized carbons (Fsp3) is 0.471. The smallest absolute Gasteiger partial charge is 0.406 e. The number of urea groups is 1. The Morgan fingerprint density at radius 2 is 2.07 bits per heavy atom. The number of halogens is 3. The number of nitrogens with zero attached hydrogens (tertiary/aromatic N) is 3. The van der Waals surface area contributed by atoms with Crippen molar-refractivity contribution in [3.05, 3.63) is 36.0 Å². The molecule has 2 N–H and O–H groups in total. The van der Waals surface area contributed by atoms with Gasteiger partial charge in [-0.25, -0.2) is 4.79 Å². The molecule has 1 aromatic carbocycles. The highest BCUT2D eigenvalue weighted by atomic mass is 19.4. The van der Waals surface area contributed by atoms with Crippen LogP contribution in [0.4, 0.5) is 23.7 Å². The molecule has 0 spiro atoms. The number of benzene rings is 1. The minimum Gasteiger partial charge on any atom is -0.406 e. The maximum Gasteiger partial charge on any atom is 0.573 e. The third-order valence-corrected chi connectivity index (χ3v) is 4.25. The van der Waals surface area contributed by atoms with Crippen LogP contribution in [-0.2, 0) is 6.54 Å². The molecule has 0 saturated carbocycles. The van der Waals surface area contributed by atoms with Crippen LogP contribution in [-0.4, -0.2) is 42.2 Å². The SMILES string of the molecule is Cc1nc(CNC(=O)NCC2CCN(c3ccc(OC(F)(F)F)cc3)C2)no1. The Balaban J connectivity index is 1.40. The summed E-state index contributed by atoms with van der Waals surface area (Å²) in [7, 11) is 0. The van der Waals surface area contributed by atoms with Crippen molar-refractivity contribution in [2.45, 2.75) is 26.3 Å². The van der Waals surface area contributed by atoms with Gasteiger partial charge in [0.25, 0.3) is 0 Å². The van der Waals surface area contributed by atoms with Crippen LogP contribution < -0.4 is 20.3 Å². The number of aryl methyl sites for hydroxylation is 1. The van der Waals surface area contributed by atoms with Gasteiger partial charge >= 0.3 is 12.4 Å². The molecule has 1 aliphatic heterocycles. The number of amides is 2. The average molecular weight is 399 g/mol. The number of aromatic nitrogens is 2. The number of alkyl halides is 3. The van der Waals surface area contributed by atoms with Crippen LogP contribution in [0.3, 0.4) is 0 Å². The summed E-state index contributed by atoms with van der Waals surface area (Å²) < 4.78 is 45.3. The van der Waals surface area contributed by atoms with Gasteiger partial charge in [-0.1, -0.05) is 5.16 Å². The minimum atomic E-state index is -4.70. The van der Waals surface area contributed by atoms with E-state index in [1.54, 1.807) is 19.1 Å². The van der Waals surface area contributed by atoms with Gasteiger partial charge in [-0.2, -0.15) is 4.98 Å². The Labute approximate surface area is 159 Å². The summed E-state index contributed by atoms with van der Waals surface area (Å²) in [6.07, 6.45) is -3.83. The second-order valence-electron chi connectivity index (χ2n) is 6.44. The average Bonchev–Trinajstić information content (AvgIpc) is 3.26. The highest BCUT2D eigenvalue weighted by Gasteiger charge is 2.31. The summed E-state index contributed by atoms with van der Waals surface area (Å²) in [5, 5.41) is 9.14. The molecule has 1 unspecified atom stereocenters. The third-order valence-electron chi connectivity index (χ3n) is 4.25. The van der Waals surface area contributed by atoms with E-state index in [2.05, 4.69) is 30.4 Å². The molecule has 11 heteroatoms. The molecule has 2 amide bonds. The molecule has 152 valence electrons. The maximum absolute atomic E-state index is 12.2. The van der Waals surface area contributed by atoms with E-state index in [4.69, 9.17) is 4.52 Å². The van der Waals surface area contributed by atoms with E-state index >= 15 is 0 Å². The quantitative estimate of drug-likeness (QED) is 0.776. The van der Waals surface area contributed by atoms with Crippen molar-refractivity contribution in [2.24, 2.45) is 5.92 Å². The lowest BCUT2D eigenvalue weighted by Crippen LogP contribution is -2.38. The molecule has 0 aliphatic carbocycles. The van der Waals surface area contributed by atoms with E-state index in [9.17, 15) is 18.0 Å². The molecule has 1 saturated heterocycles. The van der Waals surface area contributed by atoms with Crippen molar-refractivity contribution >= 4 is 11.7 Å². The first-order chi connectivity index (χ1) is 13.3. The molecule has 1 atom stereocenters. The van der Waals surface area contributed by atoms with Crippen LogP contribution in [0.1, 0.15) is 18.1 Å². The first-order valence-corrected chi connectivity index (χ1v) is 8.70. The van der Waals surface area contributed by atoms with E-state index in [1.807, 2.05) is 0 Å². The number of carbonyl (C=O) groups excluding carboxylic acids is 1. The zero-order valence-corrected chi connectivity index (χ0v) is 15.1. The number of hydrogen-bond donors (Lipinski definition) is 2. The van der Waals surface area contributed by atoms with Crippen molar-refractivity contribution < 1.29 is 27.2 Å². The van der Waals surface area contributed by atoms with E-state index in [0.29, 0.717) is 24.8 Å². The summed E-state index contributed by atoms with van der Waals surface area (Å²) in [6, 6.07) is 5.45. The number of nitrogens with one attached hydrogen (secondary N) is 2. The molecule has 3 rings (SSSR count). The Bertz CT molecular complexity index is 794. The van der Waals surface area contributed by atoms with E-state index in [1.165, 1.54) is 12.1 Å². The molecule has 0 radical (unpaired) electrons. The number of carbonyl (C=O) groups is 1. The number of hydrogen-bond acceptors (Lipinski definition) is 6. The molecule has 8 nitrogen and oxygen atoms in total. The van der Waals surface area contributed by atoms with Crippen LogP contribution in [0, 0.1) is 12.8 Å². The first-order valence-electron chi connectivity index (χ1n) is 8.70. The summed E-state index contributed by atoms with van der Waals surface area (Å²) in [4.78, 5) is 17.9. The fourth-order valence-corrected chi connectivity index (χ4v) is 2.96. The Hall–Kier alpha value is -2.98. The number of ether oxygens (including phenoxy) is 1. The third kappa shape index (κ3) is 5.76. The minimum absolute atomic E-state index is 0.173. The maximum atomic E-state index is 12.2. The summed E-state index contributed by atoms with van der Waals surface area (Å²) in [6.45, 7) is 3.79. The summed E-state index contributed by atoms with van der Waals surface area (Å²) >= 11 is 0. The highest BCUT2D eigenvalue weighted by molar-refractivity contribution is 5.73. The van der Waals surface area contributed by atoms with Gasteiger partial charge in [0.05, 0.1) is 6.54 Å². The van der Waals surface area contributed by atoms with Crippen molar-refractivity contribution in [3.63, 3.8) is 0 Å². The van der Waals surface area contributed by atoms with Crippen LogP contribution in [0.5, 0.6) is 5.75 Å². The predicted octanol–water partition coefficient (Wildman–Crippen LogP) is 2.60. The second kappa shape index (κ2) is 8.36. The van der Waals surface area contributed by atoms with Crippen LogP contribution in [0.15, 0.2) is 28.8 Å². The van der Waals surface area contributed by atoms with E-state index < -0.39 is 6.36 Å². The lowest BCUT2D eigenvalue weighted by Gasteiger charge is -2.19. The van der Waals surface area contributed by atoms with Crippen LogP contribution >= 0.6 is 0 Å². The molecule has 2 aromatic rings. The summed E-state index contributed by atoms with van der Waals surface area (Å²) in [5.41, 5.74) is 0.814. The van der Waals surface area contributed by atoms with Crippen molar-refractivity contribution in [1.82, 2.24) is 20.8 Å². The summed E-state index contributed by atoms with van der Waals surface area (Å²) in [5.74, 6) is 0.824. The van der Waals surface area contributed by atoms with Gasteiger partial charge in [-0.15, -0.1) is 13.2 Å². The normalized spacial score (nSPS) is 16.9. The molecule has 2 heterocycles. The van der Waals surface area contributed by atoms with Gasteiger partial charge in [0, 0.05) is 32.2 Å². The van der Waals surface area contributed by atoms with Crippen molar-refractivity contribution in [2.75, 3.05) is 24.5 Å². The van der Waals surface area contributed by atoms with Gasteiger partial charge in [0.1, 0.15) is 5.75 Å². The Morgan fingerprint density at radius 1 is 1.32 bits per heavy atom. The van der Waals surface area contributed by atoms with E-state index in [-0.39, 0.29) is 24.2 Å². The van der Waals surface area contributed by atoms with Gasteiger partial charge in [-0.05, 0) is 36.6 Å². The molecular weight excluding hydrogens is 379 g/mol. The molecule has 28 heavy (non-hydrogen) atoms. The van der Waals surface area contributed by atoms with Crippen molar-refractivity contribution in [1.29, 1.82) is 0 Å². The zero-order valence-electron chi connectivity index (χ0n) is 15.1. The molecule has 1 aromatic heterocycles. The van der Waals surface area contributed by atoms with Crippen LogP contribution in [0.2, 0.25) is 0 Å². The topological polar surface area (TPSA) is 92.5 Å². The van der Waals surface area contributed by atoms with Gasteiger partial charge in [0.15, 0.2) is 5.82 Å².